The molecule has 2 aromatic heterocycles. The first-order valence-corrected chi connectivity index (χ1v) is 5.74. The molecule has 0 saturated heterocycles. The van der Waals surface area contributed by atoms with Crippen LogP contribution in [0.25, 0.3) is 0 Å². The Morgan fingerprint density at radius 3 is 3.24 bits per heavy atom. The highest BCUT2D eigenvalue weighted by Gasteiger charge is 2.07. The summed E-state index contributed by atoms with van der Waals surface area (Å²) < 4.78 is 1.41. The van der Waals surface area contributed by atoms with Gasteiger partial charge in [0, 0.05) is 4.88 Å². The molecule has 7 heteroatoms. The summed E-state index contributed by atoms with van der Waals surface area (Å²) >= 11 is 1.58. The number of nitrogens with one attached hydrogen (secondary N) is 1. The molecule has 0 saturated carbocycles. The number of amides is 1. The fourth-order valence-corrected chi connectivity index (χ4v) is 1.91. The molecule has 0 aliphatic heterocycles. The Kier molecular flexibility index (Phi) is 3.47. The van der Waals surface area contributed by atoms with Crippen molar-refractivity contribution in [1.29, 1.82) is 5.26 Å². The van der Waals surface area contributed by atoms with Gasteiger partial charge in [0.1, 0.15) is 18.9 Å². The highest BCUT2D eigenvalue weighted by Crippen LogP contribution is 2.07. The fraction of sp³-hybridized carbons (Fsp3) is 0.200. The number of carbonyl (C=O) groups excluding carboxylic acids is 1. The van der Waals surface area contributed by atoms with Crippen molar-refractivity contribution in [3.8, 4) is 6.07 Å². The van der Waals surface area contributed by atoms with E-state index in [-0.39, 0.29) is 18.3 Å². The van der Waals surface area contributed by atoms with Crippen molar-refractivity contribution in [2.75, 3.05) is 0 Å². The maximum atomic E-state index is 11.6. The average molecular weight is 247 g/mol. The lowest BCUT2D eigenvalue weighted by molar-refractivity contribution is -0.121. The van der Waals surface area contributed by atoms with Crippen LogP contribution in [0.15, 0.2) is 23.8 Å². The van der Waals surface area contributed by atoms with Crippen molar-refractivity contribution >= 4 is 17.2 Å². The maximum Gasteiger partial charge on any atom is 0.240 e. The third kappa shape index (κ3) is 2.89. The molecule has 2 rings (SSSR count). The van der Waals surface area contributed by atoms with Crippen LogP contribution < -0.4 is 5.32 Å². The van der Waals surface area contributed by atoms with Crippen molar-refractivity contribution in [2.45, 2.75) is 13.1 Å². The van der Waals surface area contributed by atoms with E-state index in [2.05, 4.69) is 15.5 Å². The summed E-state index contributed by atoms with van der Waals surface area (Å²) in [6.07, 6.45) is 1.36. The number of hydrogen-bond acceptors (Lipinski definition) is 5. The van der Waals surface area contributed by atoms with Crippen molar-refractivity contribution in [3.63, 3.8) is 0 Å². The molecule has 1 amide bonds. The zero-order valence-corrected chi connectivity index (χ0v) is 9.65. The first-order valence-electron chi connectivity index (χ1n) is 4.86. The molecule has 0 bridgehead atoms. The third-order valence-electron chi connectivity index (χ3n) is 2.07. The number of carbonyl (C=O) groups is 1. The number of thiophene rings is 1. The SMILES string of the molecule is N#Cc1nncn1CC(=O)NCc1cccs1. The van der Waals surface area contributed by atoms with Gasteiger partial charge in [-0.3, -0.25) is 9.36 Å². The van der Waals surface area contributed by atoms with Gasteiger partial charge in [0.05, 0.1) is 6.54 Å². The summed E-state index contributed by atoms with van der Waals surface area (Å²) in [5.74, 6) is -0.0361. The molecule has 86 valence electrons. The van der Waals surface area contributed by atoms with E-state index in [1.807, 2.05) is 23.6 Å². The van der Waals surface area contributed by atoms with Crippen LogP contribution in [0.4, 0.5) is 0 Å². The second-order valence-corrected chi connectivity index (χ2v) is 4.28. The molecule has 0 fully saturated rings. The van der Waals surface area contributed by atoms with Gasteiger partial charge < -0.3 is 5.32 Å². The van der Waals surface area contributed by atoms with Crippen LogP contribution in [0.3, 0.4) is 0 Å². The van der Waals surface area contributed by atoms with E-state index in [1.165, 1.54) is 10.9 Å². The Labute approximate surface area is 102 Å². The van der Waals surface area contributed by atoms with E-state index in [1.54, 1.807) is 11.3 Å². The number of nitriles is 1. The van der Waals surface area contributed by atoms with Crippen LogP contribution in [0.2, 0.25) is 0 Å². The smallest absolute Gasteiger partial charge is 0.240 e. The van der Waals surface area contributed by atoms with Gasteiger partial charge in [-0.15, -0.1) is 21.5 Å². The van der Waals surface area contributed by atoms with Gasteiger partial charge in [-0.2, -0.15) is 5.26 Å². The summed E-state index contributed by atoms with van der Waals surface area (Å²) in [7, 11) is 0. The number of nitrogens with zero attached hydrogens (tertiary/aromatic N) is 4. The van der Waals surface area contributed by atoms with E-state index in [0.29, 0.717) is 6.54 Å². The van der Waals surface area contributed by atoms with Crippen LogP contribution in [-0.2, 0) is 17.9 Å². The molecule has 0 spiro atoms. The molecule has 0 aliphatic carbocycles. The van der Waals surface area contributed by atoms with Crippen LogP contribution in [0.5, 0.6) is 0 Å². The molecule has 1 N–H and O–H groups in total. The van der Waals surface area contributed by atoms with Gasteiger partial charge in [0.15, 0.2) is 0 Å². The molecular weight excluding hydrogens is 238 g/mol. The summed E-state index contributed by atoms with van der Waals surface area (Å²) in [5, 5.41) is 20.6. The number of rotatable bonds is 4. The highest BCUT2D eigenvalue weighted by molar-refractivity contribution is 7.09. The molecule has 0 aromatic carbocycles. The second kappa shape index (κ2) is 5.23. The monoisotopic (exact) mass is 247 g/mol. The van der Waals surface area contributed by atoms with E-state index in [4.69, 9.17) is 5.26 Å². The minimum atomic E-state index is -0.172. The molecule has 2 aromatic rings. The van der Waals surface area contributed by atoms with Gasteiger partial charge in [0.2, 0.25) is 11.7 Å². The molecule has 2 heterocycles. The summed E-state index contributed by atoms with van der Waals surface area (Å²) in [6, 6.07) is 5.74. The van der Waals surface area contributed by atoms with Crippen molar-refractivity contribution < 1.29 is 4.79 Å². The Morgan fingerprint density at radius 2 is 2.53 bits per heavy atom. The topological polar surface area (TPSA) is 83.6 Å². The highest BCUT2D eigenvalue weighted by atomic mass is 32.1. The van der Waals surface area contributed by atoms with Crippen LogP contribution in [0, 0.1) is 11.3 Å². The lowest BCUT2D eigenvalue weighted by Crippen LogP contribution is -2.27. The second-order valence-electron chi connectivity index (χ2n) is 3.25. The molecule has 0 unspecified atom stereocenters. The molecular formula is C10H9N5OS. The Balaban J connectivity index is 1.88. The lowest BCUT2D eigenvalue weighted by atomic mass is 10.4. The van der Waals surface area contributed by atoms with E-state index >= 15 is 0 Å². The zero-order valence-electron chi connectivity index (χ0n) is 8.83. The molecule has 6 nitrogen and oxygen atoms in total. The van der Waals surface area contributed by atoms with Gasteiger partial charge in [-0.25, -0.2) is 0 Å². The van der Waals surface area contributed by atoms with Gasteiger partial charge in [-0.05, 0) is 11.4 Å². The molecule has 0 radical (unpaired) electrons. The summed E-state index contributed by atoms with van der Waals surface area (Å²) in [5.41, 5.74) is 0. The first kappa shape index (κ1) is 11.3. The van der Waals surface area contributed by atoms with Crippen LogP contribution >= 0.6 is 11.3 Å². The van der Waals surface area contributed by atoms with Crippen molar-refractivity contribution in [2.24, 2.45) is 0 Å². The Bertz CT molecular complexity index is 539. The normalized spacial score (nSPS) is 9.82. The van der Waals surface area contributed by atoms with Crippen LogP contribution in [0.1, 0.15) is 10.7 Å². The first-order chi connectivity index (χ1) is 8.29. The lowest BCUT2D eigenvalue weighted by Gasteiger charge is -2.04. The molecule has 0 atom stereocenters. The van der Waals surface area contributed by atoms with Crippen LogP contribution in [-0.4, -0.2) is 20.7 Å². The Morgan fingerprint density at radius 1 is 1.65 bits per heavy atom. The molecule has 17 heavy (non-hydrogen) atoms. The number of hydrogen-bond donors (Lipinski definition) is 1. The predicted molar refractivity (Wildman–Crippen MR) is 60.9 cm³/mol. The standard InChI is InChI=1S/C10H9N5OS/c11-4-9-14-13-7-15(9)6-10(16)12-5-8-2-1-3-17-8/h1-3,7H,5-6H2,(H,12,16). The summed E-state index contributed by atoms with van der Waals surface area (Å²) in [4.78, 5) is 12.7. The maximum absolute atomic E-state index is 11.6. The van der Waals surface area contributed by atoms with E-state index in [9.17, 15) is 4.79 Å². The minimum absolute atomic E-state index is 0.0568. The van der Waals surface area contributed by atoms with Gasteiger partial charge >= 0.3 is 0 Å². The van der Waals surface area contributed by atoms with Gasteiger partial charge in [0.25, 0.3) is 0 Å². The minimum Gasteiger partial charge on any atom is -0.350 e. The predicted octanol–water partition coefficient (Wildman–Crippen LogP) is 0.528. The zero-order chi connectivity index (χ0) is 12.1. The van der Waals surface area contributed by atoms with Gasteiger partial charge in [-0.1, -0.05) is 6.07 Å². The largest absolute Gasteiger partial charge is 0.350 e. The fourth-order valence-electron chi connectivity index (χ4n) is 1.27. The average Bonchev–Trinajstić information content (AvgIpc) is 2.97. The quantitative estimate of drug-likeness (QED) is 0.854. The van der Waals surface area contributed by atoms with Crippen molar-refractivity contribution in [3.05, 3.63) is 34.5 Å². The summed E-state index contributed by atoms with van der Waals surface area (Å²) in [6.45, 7) is 0.557. The van der Waals surface area contributed by atoms with E-state index < -0.39 is 0 Å². The molecule has 0 aliphatic rings. The number of aromatic nitrogens is 3. The Hall–Kier alpha value is -2.20. The third-order valence-corrected chi connectivity index (χ3v) is 2.95. The van der Waals surface area contributed by atoms with E-state index in [0.717, 1.165) is 4.88 Å². The van der Waals surface area contributed by atoms with Crippen molar-refractivity contribution in [1.82, 2.24) is 20.1 Å².